The summed E-state index contributed by atoms with van der Waals surface area (Å²) in [6.07, 6.45) is 3.95. The molecule has 1 aromatic heterocycles. The maximum atomic E-state index is 12.4. The summed E-state index contributed by atoms with van der Waals surface area (Å²) in [7, 11) is -1.99. The molecule has 0 bridgehead atoms. The van der Waals surface area contributed by atoms with Gasteiger partial charge >= 0.3 is 12.6 Å². The van der Waals surface area contributed by atoms with Crippen molar-refractivity contribution >= 4 is 39.2 Å². The molecular weight excluding hydrogens is 468 g/mol. The lowest BCUT2D eigenvalue weighted by molar-refractivity contribution is -0.136. The van der Waals surface area contributed by atoms with E-state index in [-0.39, 0.29) is 18.0 Å². The van der Waals surface area contributed by atoms with E-state index in [0.717, 1.165) is 17.2 Å². The van der Waals surface area contributed by atoms with Crippen LogP contribution in [0.3, 0.4) is 0 Å². The number of esters is 1. The predicted molar refractivity (Wildman–Crippen MR) is 115 cm³/mol. The number of rotatable bonds is 12. The maximum Gasteiger partial charge on any atom is 0.387 e. The molecule has 0 saturated carbocycles. The van der Waals surface area contributed by atoms with Crippen LogP contribution in [-0.2, 0) is 26.0 Å². The Hall–Kier alpha value is -2.83. The van der Waals surface area contributed by atoms with E-state index in [1.807, 2.05) is 0 Å². The summed E-state index contributed by atoms with van der Waals surface area (Å²) in [5.74, 6) is -1.24. The number of halogens is 2. The predicted octanol–water partition coefficient (Wildman–Crippen LogP) is 2.89. The van der Waals surface area contributed by atoms with E-state index in [1.165, 1.54) is 42.7 Å². The molecule has 174 valence electrons. The summed E-state index contributed by atoms with van der Waals surface area (Å²) in [4.78, 5) is 25.3. The molecule has 0 aliphatic rings. The van der Waals surface area contributed by atoms with Crippen LogP contribution >= 0.6 is 11.3 Å². The number of ketones is 1. The Morgan fingerprint density at radius 2 is 1.94 bits per heavy atom. The molecule has 8 nitrogen and oxygen atoms in total. The highest BCUT2D eigenvalue weighted by Crippen LogP contribution is 2.29. The minimum Gasteiger partial charge on any atom is -0.493 e. The first-order valence-corrected chi connectivity index (χ1v) is 11.8. The number of carbonyl (C=O) groups excluding carboxylic acids is 2. The van der Waals surface area contributed by atoms with Crippen molar-refractivity contribution in [1.29, 1.82) is 0 Å². The number of carbonyl (C=O) groups is 2. The fourth-order valence-corrected chi connectivity index (χ4v) is 3.83. The summed E-state index contributed by atoms with van der Waals surface area (Å²) < 4.78 is 63.4. The van der Waals surface area contributed by atoms with Gasteiger partial charge in [0.2, 0.25) is 15.8 Å². The third-order valence-electron chi connectivity index (χ3n) is 3.83. The van der Waals surface area contributed by atoms with E-state index in [1.54, 1.807) is 12.1 Å². The molecule has 32 heavy (non-hydrogen) atoms. The number of benzene rings is 1. The van der Waals surface area contributed by atoms with Gasteiger partial charge in [-0.25, -0.2) is 17.9 Å². The van der Waals surface area contributed by atoms with Crippen LogP contribution in [0.25, 0.3) is 6.08 Å². The van der Waals surface area contributed by atoms with Gasteiger partial charge in [0, 0.05) is 17.5 Å². The summed E-state index contributed by atoms with van der Waals surface area (Å²) in [5.41, 5.74) is 0.470. The van der Waals surface area contributed by atoms with Crippen molar-refractivity contribution in [2.75, 3.05) is 26.5 Å². The Balaban J connectivity index is 1.86. The third kappa shape index (κ3) is 8.73. The molecule has 0 aliphatic heterocycles. The zero-order valence-electron chi connectivity index (χ0n) is 17.2. The number of ether oxygens (including phenoxy) is 3. The van der Waals surface area contributed by atoms with Gasteiger partial charge in [-0.05, 0) is 42.3 Å². The molecule has 2 aromatic rings. The summed E-state index contributed by atoms with van der Waals surface area (Å²) in [6, 6.07) is 7.42. The Bertz CT molecular complexity index is 1080. The number of Topliss-reactive ketones (excluding diaryl/α,β-unsaturated/α-hetero) is 1. The number of alkyl halides is 2. The fraction of sp³-hybridized carbons (Fsp3) is 0.300. The molecule has 1 aromatic carbocycles. The van der Waals surface area contributed by atoms with Crippen molar-refractivity contribution in [2.24, 2.45) is 0 Å². The third-order valence-corrected chi connectivity index (χ3v) is 5.75. The standard InChI is InChI=1S/C20H21F2NO7S2/c1-28-17-11-13(3-6-16(17)30-20(21)22)4-8-19(25)29-12-15(24)18-7-5-14(31-18)9-10-23-32(2,26)27/h3-8,11,20,23H,9-10,12H2,1-2H3/b8-4+. The Kier molecular flexibility index (Phi) is 9.29. The van der Waals surface area contributed by atoms with Crippen LogP contribution in [0.15, 0.2) is 36.4 Å². The van der Waals surface area contributed by atoms with Gasteiger partial charge in [-0.15, -0.1) is 11.3 Å². The lowest BCUT2D eigenvalue weighted by Gasteiger charge is -2.10. The number of nitrogens with one attached hydrogen (secondary N) is 1. The van der Waals surface area contributed by atoms with Gasteiger partial charge in [0.1, 0.15) is 0 Å². The zero-order valence-corrected chi connectivity index (χ0v) is 18.8. The maximum absolute atomic E-state index is 12.4. The van der Waals surface area contributed by atoms with Crippen LogP contribution in [0.1, 0.15) is 20.1 Å². The lowest BCUT2D eigenvalue weighted by Crippen LogP contribution is -2.24. The van der Waals surface area contributed by atoms with E-state index >= 15 is 0 Å². The molecule has 0 unspecified atom stereocenters. The summed E-state index contributed by atoms with van der Waals surface area (Å²) >= 11 is 1.19. The van der Waals surface area contributed by atoms with Gasteiger partial charge in [0.25, 0.3) is 0 Å². The summed E-state index contributed by atoms with van der Waals surface area (Å²) in [6.45, 7) is -3.25. The molecule has 0 spiro atoms. The van der Waals surface area contributed by atoms with Gasteiger partial charge in [0.05, 0.1) is 18.2 Å². The van der Waals surface area contributed by atoms with E-state index in [9.17, 15) is 26.8 Å². The molecule has 2 rings (SSSR count). The van der Waals surface area contributed by atoms with Gasteiger partial charge in [-0.2, -0.15) is 8.78 Å². The van der Waals surface area contributed by atoms with Gasteiger partial charge in [-0.3, -0.25) is 4.79 Å². The Labute approximate surface area is 187 Å². The zero-order chi connectivity index (χ0) is 23.7. The van der Waals surface area contributed by atoms with Gasteiger partial charge in [-0.1, -0.05) is 6.07 Å². The average molecular weight is 490 g/mol. The molecule has 0 saturated heterocycles. The van der Waals surface area contributed by atoms with Crippen molar-refractivity contribution in [3.63, 3.8) is 0 Å². The number of hydrogen-bond acceptors (Lipinski definition) is 8. The van der Waals surface area contributed by atoms with Crippen molar-refractivity contribution < 1.29 is 41.0 Å². The molecule has 0 fully saturated rings. The number of thiophene rings is 1. The fourth-order valence-electron chi connectivity index (χ4n) is 2.42. The van der Waals surface area contributed by atoms with Crippen LogP contribution < -0.4 is 14.2 Å². The smallest absolute Gasteiger partial charge is 0.387 e. The number of methoxy groups -OCH3 is 1. The average Bonchev–Trinajstić information content (AvgIpc) is 3.18. The second-order valence-electron chi connectivity index (χ2n) is 6.34. The van der Waals surface area contributed by atoms with Crippen molar-refractivity contribution in [2.45, 2.75) is 13.0 Å². The highest BCUT2D eigenvalue weighted by atomic mass is 32.2. The largest absolute Gasteiger partial charge is 0.493 e. The van der Waals surface area contributed by atoms with Crippen LogP contribution in [0.5, 0.6) is 11.5 Å². The highest BCUT2D eigenvalue weighted by molar-refractivity contribution is 7.88. The number of sulfonamides is 1. The quantitative estimate of drug-likeness (QED) is 0.277. The van der Waals surface area contributed by atoms with E-state index < -0.39 is 35.0 Å². The molecule has 0 radical (unpaired) electrons. The lowest BCUT2D eigenvalue weighted by atomic mass is 10.2. The monoisotopic (exact) mass is 489 g/mol. The Morgan fingerprint density at radius 1 is 1.19 bits per heavy atom. The molecular formula is C20H21F2NO7S2. The SMILES string of the molecule is COc1cc(/C=C/C(=O)OCC(=O)c2ccc(CCNS(C)(=O)=O)s2)ccc1OC(F)F. The first-order valence-electron chi connectivity index (χ1n) is 9.11. The van der Waals surface area contributed by atoms with E-state index in [2.05, 4.69) is 9.46 Å². The topological polar surface area (TPSA) is 108 Å². The van der Waals surface area contributed by atoms with Crippen LogP contribution in [0.2, 0.25) is 0 Å². The van der Waals surface area contributed by atoms with Gasteiger partial charge in [0.15, 0.2) is 18.1 Å². The second-order valence-corrected chi connectivity index (χ2v) is 9.34. The van der Waals surface area contributed by atoms with Crippen LogP contribution in [0.4, 0.5) is 8.78 Å². The first kappa shape index (κ1) is 25.4. The minimum atomic E-state index is -3.28. The molecule has 1 heterocycles. The molecule has 0 aliphatic carbocycles. The van der Waals surface area contributed by atoms with Crippen molar-refractivity contribution in [3.8, 4) is 11.5 Å². The second kappa shape index (κ2) is 11.7. The number of hydrogen-bond donors (Lipinski definition) is 1. The summed E-state index contributed by atoms with van der Waals surface area (Å²) in [5, 5.41) is 0. The van der Waals surface area contributed by atoms with Crippen molar-refractivity contribution in [1.82, 2.24) is 4.72 Å². The molecule has 12 heteroatoms. The van der Waals surface area contributed by atoms with E-state index in [4.69, 9.17) is 9.47 Å². The van der Waals surface area contributed by atoms with E-state index in [0.29, 0.717) is 16.9 Å². The first-order chi connectivity index (χ1) is 15.1. The molecule has 1 N–H and O–H groups in total. The molecule has 0 atom stereocenters. The Morgan fingerprint density at radius 3 is 2.59 bits per heavy atom. The van der Waals surface area contributed by atoms with Crippen LogP contribution in [0, 0.1) is 0 Å². The normalized spacial score (nSPS) is 11.7. The van der Waals surface area contributed by atoms with Gasteiger partial charge < -0.3 is 14.2 Å². The van der Waals surface area contributed by atoms with Crippen molar-refractivity contribution in [3.05, 3.63) is 51.7 Å². The minimum absolute atomic E-state index is 0.0660. The molecule has 0 amide bonds. The van der Waals surface area contributed by atoms with Crippen LogP contribution in [-0.4, -0.2) is 53.3 Å². The highest BCUT2D eigenvalue weighted by Gasteiger charge is 2.13.